The largest absolute Gasteiger partial charge is 0.383 e. The maximum Gasteiger partial charge on any atom is 0.222 e. The van der Waals surface area contributed by atoms with Crippen LogP contribution in [-0.2, 0) is 13.0 Å². The lowest BCUT2D eigenvalue weighted by Crippen LogP contribution is -2.07. The van der Waals surface area contributed by atoms with Gasteiger partial charge in [-0.2, -0.15) is 4.98 Å². The lowest BCUT2D eigenvalue weighted by Gasteiger charge is -2.13. The number of nitrogens with two attached hydrogens (primary N) is 2. The first-order valence-electron chi connectivity index (χ1n) is 8.57. The van der Waals surface area contributed by atoms with E-state index in [2.05, 4.69) is 22.2 Å². The van der Waals surface area contributed by atoms with Gasteiger partial charge >= 0.3 is 0 Å². The summed E-state index contributed by atoms with van der Waals surface area (Å²) in [5.74, 6) is 0.638. The molecule has 0 atom stereocenters. The molecule has 5 nitrogen and oxygen atoms in total. The number of nitrogen functional groups attached to an aromatic ring is 2. The van der Waals surface area contributed by atoms with Crippen LogP contribution in [0.25, 0.3) is 11.1 Å². The molecule has 26 heavy (non-hydrogen) atoms. The first kappa shape index (κ1) is 18.0. The van der Waals surface area contributed by atoms with Crippen molar-refractivity contribution in [2.45, 2.75) is 26.3 Å². The second kappa shape index (κ2) is 8.06. The number of aromatic nitrogens is 2. The van der Waals surface area contributed by atoms with Crippen molar-refractivity contribution in [1.29, 1.82) is 0 Å². The molecule has 1 aromatic heterocycles. The van der Waals surface area contributed by atoms with Crippen LogP contribution in [-0.4, -0.2) is 9.97 Å². The lowest BCUT2D eigenvalue weighted by molar-refractivity contribution is 0.880. The lowest BCUT2D eigenvalue weighted by atomic mass is 10.0. The Morgan fingerprint density at radius 3 is 2.31 bits per heavy atom. The number of nitrogens with zero attached hydrogens (tertiary/aromatic N) is 2. The number of benzene rings is 2. The predicted octanol–water partition coefficient (Wildman–Crippen LogP) is 4.53. The fraction of sp³-hybridized carbons (Fsp3) is 0.200. The second-order valence-corrected chi connectivity index (χ2v) is 6.53. The minimum absolute atomic E-state index is 0.218. The molecular weight excluding hydrogens is 346 g/mol. The van der Waals surface area contributed by atoms with E-state index in [-0.39, 0.29) is 5.95 Å². The molecule has 0 amide bonds. The number of rotatable bonds is 6. The van der Waals surface area contributed by atoms with Crippen molar-refractivity contribution in [3.63, 3.8) is 0 Å². The Hall–Kier alpha value is -2.79. The molecule has 3 aromatic rings. The Kier molecular flexibility index (Phi) is 5.58. The maximum atomic E-state index is 6.11. The molecule has 6 heteroatoms. The van der Waals surface area contributed by atoms with E-state index in [1.54, 1.807) is 0 Å². The summed E-state index contributed by atoms with van der Waals surface area (Å²) in [6, 6.07) is 15.9. The van der Waals surface area contributed by atoms with E-state index >= 15 is 0 Å². The minimum Gasteiger partial charge on any atom is -0.383 e. The summed E-state index contributed by atoms with van der Waals surface area (Å²) in [5, 5.41) is 4.14. The van der Waals surface area contributed by atoms with Crippen molar-refractivity contribution in [2.24, 2.45) is 0 Å². The highest BCUT2D eigenvalue weighted by Crippen LogP contribution is 2.30. The standard InChI is InChI=1S/C20H22ClN5/c1-2-3-17-18(19(22)26-20(23)25-17)14-6-10-16(11-7-14)24-12-13-4-8-15(21)9-5-13/h4-11,24H,2-3,12H2,1H3,(H4,22,23,25,26). The smallest absolute Gasteiger partial charge is 0.222 e. The number of hydrogen-bond donors (Lipinski definition) is 3. The van der Waals surface area contributed by atoms with Crippen LogP contribution in [0.15, 0.2) is 48.5 Å². The summed E-state index contributed by atoms with van der Waals surface area (Å²) < 4.78 is 0. The average molecular weight is 368 g/mol. The van der Waals surface area contributed by atoms with Crippen molar-refractivity contribution in [3.05, 3.63) is 64.8 Å². The summed E-state index contributed by atoms with van der Waals surface area (Å²) in [4.78, 5) is 8.48. The minimum atomic E-state index is 0.218. The molecule has 3 rings (SSSR count). The molecule has 134 valence electrons. The molecule has 0 aliphatic rings. The molecule has 0 saturated heterocycles. The fourth-order valence-electron chi connectivity index (χ4n) is 2.84. The van der Waals surface area contributed by atoms with Gasteiger partial charge in [0.15, 0.2) is 0 Å². The first-order valence-corrected chi connectivity index (χ1v) is 8.95. The van der Waals surface area contributed by atoms with Gasteiger partial charge < -0.3 is 16.8 Å². The molecule has 0 unspecified atom stereocenters. The quantitative estimate of drug-likeness (QED) is 0.595. The van der Waals surface area contributed by atoms with Gasteiger partial charge in [-0.05, 0) is 41.8 Å². The molecular formula is C20H22ClN5. The van der Waals surface area contributed by atoms with Gasteiger partial charge in [0.05, 0.1) is 5.69 Å². The third kappa shape index (κ3) is 4.24. The highest BCUT2D eigenvalue weighted by Gasteiger charge is 2.13. The van der Waals surface area contributed by atoms with Crippen molar-refractivity contribution < 1.29 is 0 Å². The molecule has 0 spiro atoms. The second-order valence-electron chi connectivity index (χ2n) is 6.10. The van der Waals surface area contributed by atoms with Gasteiger partial charge in [0.1, 0.15) is 5.82 Å². The third-order valence-electron chi connectivity index (χ3n) is 4.10. The van der Waals surface area contributed by atoms with Crippen molar-refractivity contribution in [3.8, 4) is 11.1 Å². The number of aryl methyl sites for hydroxylation is 1. The predicted molar refractivity (Wildman–Crippen MR) is 109 cm³/mol. The van der Waals surface area contributed by atoms with Crippen LogP contribution >= 0.6 is 11.6 Å². The van der Waals surface area contributed by atoms with Gasteiger partial charge in [-0.25, -0.2) is 4.98 Å². The summed E-state index contributed by atoms with van der Waals surface area (Å²) in [6.45, 7) is 2.83. The van der Waals surface area contributed by atoms with Gasteiger partial charge in [-0.1, -0.05) is 49.2 Å². The molecule has 2 aromatic carbocycles. The number of nitrogens with one attached hydrogen (secondary N) is 1. The zero-order valence-electron chi connectivity index (χ0n) is 14.7. The molecule has 0 saturated carbocycles. The Morgan fingerprint density at radius 1 is 0.962 bits per heavy atom. The zero-order chi connectivity index (χ0) is 18.5. The van der Waals surface area contributed by atoms with Crippen LogP contribution in [0.3, 0.4) is 0 Å². The summed E-state index contributed by atoms with van der Waals surface area (Å²) in [7, 11) is 0. The Morgan fingerprint density at radius 2 is 1.65 bits per heavy atom. The van der Waals surface area contributed by atoms with Gasteiger partial charge in [0.2, 0.25) is 5.95 Å². The van der Waals surface area contributed by atoms with Crippen LogP contribution in [0, 0.1) is 0 Å². The van der Waals surface area contributed by atoms with Crippen LogP contribution in [0.5, 0.6) is 0 Å². The summed E-state index contributed by atoms with van der Waals surface area (Å²) in [5.41, 5.74) is 16.8. The number of halogens is 1. The Labute approximate surface area is 158 Å². The Balaban J connectivity index is 1.78. The monoisotopic (exact) mass is 367 g/mol. The normalized spacial score (nSPS) is 10.7. The van der Waals surface area contributed by atoms with Crippen molar-refractivity contribution >= 4 is 29.1 Å². The van der Waals surface area contributed by atoms with Gasteiger partial charge in [0, 0.05) is 22.8 Å². The zero-order valence-corrected chi connectivity index (χ0v) is 15.4. The SMILES string of the molecule is CCCc1nc(N)nc(N)c1-c1ccc(NCc2ccc(Cl)cc2)cc1. The van der Waals surface area contributed by atoms with E-state index < -0.39 is 0 Å². The molecule has 0 aliphatic heterocycles. The molecule has 0 aliphatic carbocycles. The summed E-state index contributed by atoms with van der Waals surface area (Å²) in [6.07, 6.45) is 1.77. The molecule has 0 bridgehead atoms. The molecule has 5 N–H and O–H groups in total. The van der Waals surface area contributed by atoms with Crippen LogP contribution in [0.1, 0.15) is 24.6 Å². The molecule has 0 radical (unpaired) electrons. The molecule has 1 heterocycles. The van der Waals surface area contributed by atoms with E-state index in [1.807, 2.05) is 48.5 Å². The average Bonchev–Trinajstić information content (AvgIpc) is 2.62. The van der Waals surface area contributed by atoms with E-state index in [1.165, 1.54) is 5.56 Å². The molecule has 0 fully saturated rings. The topological polar surface area (TPSA) is 89.8 Å². The van der Waals surface area contributed by atoms with Gasteiger partial charge in [0.25, 0.3) is 0 Å². The van der Waals surface area contributed by atoms with E-state index in [0.29, 0.717) is 5.82 Å². The third-order valence-corrected chi connectivity index (χ3v) is 4.35. The number of anilines is 3. The van der Waals surface area contributed by atoms with Crippen LogP contribution in [0.2, 0.25) is 5.02 Å². The van der Waals surface area contributed by atoms with Crippen LogP contribution in [0.4, 0.5) is 17.5 Å². The van der Waals surface area contributed by atoms with Crippen molar-refractivity contribution in [2.75, 3.05) is 16.8 Å². The maximum absolute atomic E-state index is 6.11. The van der Waals surface area contributed by atoms with Gasteiger partial charge in [-0.3, -0.25) is 0 Å². The Bertz CT molecular complexity index is 876. The van der Waals surface area contributed by atoms with Crippen molar-refractivity contribution in [1.82, 2.24) is 9.97 Å². The van der Waals surface area contributed by atoms with Crippen LogP contribution < -0.4 is 16.8 Å². The van der Waals surface area contributed by atoms with E-state index in [9.17, 15) is 0 Å². The number of hydrogen-bond acceptors (Lipinski definition) is 5. The van der Waals surface area contributed by atoms with E-state index in [0.717, 1.165) is 46.9 Å². The highest BCUT2D eigenvalue weighted by molar-refractivity contribution is 6.30. The van der Waals surface area contributed by atoms with Gasteiger partial charge in [-0.15, -0.1) is 0 Å². The van der Waals surface area contributed by atoms with E-state index in [4.69, 9.17) is 23.1 Å². The first-order chi connectivity index (χ1) is 12.6. The fourth-order valence-corrected chi connectivity index (χ4v) is 2.97. The summed E-state index contributed by atoms with van der Waals surface area (Å²) >= 11 is 5.91. The highest BCUT2D eigenvalue weighted by atomic mass is 35.5.